The zero-order valence-electron chi connectivity index (χ0n) is 13.5. The highest BCUT2D eigenvalue weighted by Gasteiger charge is 2.29. The number of hydrogen-bond donors (Lipinski definition) is 1. The van der Waals surface area contributed by atoms with Crippen molar-refractivity contribution in [2.75, 3.05) is 11.9 Å². The van der Waals surface area contributed by atoms with Crippen LogP contribution in [0.15, 0.2) is 65.1 Å². The minimum atomic E-state index is -0.157. The van der Waals surface area contributed by atoms with E-state index in [-0.39, 0.29) is 17.8 Å². The molecule has 1 amide bonds. The van der Waals surface area contributed by atoms with Gasteiger partial charge in [-0.3, -0.25) is 4.79 Å². The second-order valence-electron chi connectivity index (χ2n) is 5.90. The first kappa shape index (κ1) is 15.2. The van der Waals surface area contributed by atoms with Crippen molar-refractivity contribution in [1.82, 2.24) is 14.9 Å². The number of ether oxygens (including phenoxy) is 1. The molecule has 0 saturated heterocycles. The zero-order valence-corrected chi connectivity index (χ0v) is 14.3. The van der Waals surface area contributed by atoms with Gasteiger partial charge in [-0.2, -0.15) is 9.78 Å². The average molecular weight is 363 g/mol. The molecule has 7 nitrogen and oxygen atoms in total. The number of benzene rings is 2. The summed E-state index contributed by atoms with van der Waals surface area (Å²) >= 11 is 1.60. The Morgan fingerprint density at radius 1 is 1.19 bits per heavy atom. The van der Waals surface area contributed by atoms with Crippen molar-refractivity contribution < 1.29 is 9.53 Å². The van der Waals surface area contributed by atoms with Gasteiger partial charge in [-0.1, -0.05) is 42.1 Å². The number of aromatic nitrogens is 3. The number of rotatable bonds is 2. The van der Waals surface area contributed by atoms with Crippen LogP contribution in [0.4, 0.5) is 5.69 Å². The van der Waals surface area contributed by atoms with Crippen molar-refractivity contribution in [3.63, 3.8) is 0 Å². The predicted molar refractivity (Wildman–Crippen MR) is 97.6 cm³/mol. The van der Waals surface area contributed by atoms with Gasteiger partial charge in [0.1, 0.15) is 12.1 Å². The van der Waals surface area contributed by atoms with E-state index >= 15 is 0 Å². The zero-order chi connectivity index (χ0) is 17.5. The van der Waals surface area contributed by atoms with Gasteiger partial charge in [0, 0.05) is 5.56 Å². The fourth-order valence-electron chi connectivity index (χ4n) is 3.00. The highest BCUT2D eigenvalue weighted by molar-refractivity contribution is 8.00. The third-order valence-electron chi connectivity index (χ3n) is 4.20. The van der Waals surface area contributed by atoms with Gasteiger partial charge in [0.05, 0.1) is 16.6 Å². The monoisotopic (exact) mass is 363 g/mol. The highest BCUT2D eigenvalue weighted by Crippen LogP contribution is 2.41. The number of anilines is 1. The SMILES string of the molecule is O=C1COc2ccc(C3=Nn4cnnc4S[C@H]3c3ccccc3)cc2N1. The van der Waals surface area contributed by atoms with Crippen LogP contribution in [0.5, 0.6) is 5.75 Å². The van der Waals surface area contributed by atoms with Crippen molar-refractivity contribution in [2.45, 2.75) is 10.4 Å². The van der Waals surface area contributed by atoms with Crippen LogP contribution in [0.2, 0.25) is 0 Å². The molecule has 3 heterocycles. The molecule has 0 bridgehead atoms. The third-order valence-corrected chi connectivity index (χ3v) is 5.41. The van der Waals surface area contributed by atoms with Crippen LogP contribution >= 0.6 is 11.8 Å². The Kier molecular flexibility index (Phi) is 3.49. The fourth-order valence-corrected chi connectivity index (χ4v) is 4.09. The van der Waals surface area contributed by atoms with E-state index in [1.165, 1.54) is 0 Å². The van der Waals surface area contributed by atoms with E-state index < -0.39 is 0 Å². The van der Waals surface area contributed by atoms with Gasteiger partial charge in [0.15, 0.2) is 6.61 Å². The molecule has 1 aromatic heterocycles. The van der Waals surface area contributed by atoms with Gasteiger partial charge in [-0.25, -0.2) is 0 Å². The van der Waals surface area contributed by atoms with Crippen LogP contribution in [-0.2, 0) is 4.79 Å². The van der Waals surface area contributed by atoms with E-state index in [9.17, 15) is 4.79 Å². The van der Waals surface area contributed by atoms with Crippen LogP contribution in [0.25, 0.3) is 0 Å². The molecule has 2 aliphatic heterocycles. The molecule has 1 atom stereocenters. The van der Waals surface area contributed by atoms with Gasteiger partial charge in [-0.05, 0) is 23.8 Å². The summed E-state index contributed by atoms with van der Waals surface area (Å²) in [6.07, 6.45) is 1.59. The Morgan fingerprint density at radius 2 is 2.08 bits per heavy atom. The van der Waals surface area contributed by atoms with Gasteiger partial charge < -0.3 is 10.1 Å². The van der Waals surface area contributed by atoms with Gasteiger partial charge in [0.25, 0.3) is 5.91 Å². The first-order valence-electron chi connectivity index (χ1n) is 8.05. The molecular weight excluding hydrogens is 350 g/mol. The lowest BCUT2D eigenvalue weighted by Crippen LogP contribution is -2.26. The molecule has 0 fully saturated rings. The number of fused-ring (bicyclic) bond motifs is 2. The van der Waals surface area contributed by atoms with E-state index in [0.29, 0.717) is 11.4 Å². The summed E-state index contributed by atoms with van der Waals surface area (Å²) < 4.78 is 7.13. The maximum Gasteiger partial charge on any atom is 0.262 e. The number of amides is 1. The molecule has 1 N–H and O–H groups in total. The minimum Gasteiger partial charge on any atom is -0.482 e. The smallest absolute Gasteiger partial charge is 0.262 e. The summed E-state index contributed by atoms with van der Waals surface area (Å²) in [5, 5.41) is 16.4. The van der Waals surface area contributed by atoms with Gasteiger partial charge in [-0.15, -0.1) is 10.2 Å². The predicted octanol–water partition coefficient (Wildman–Crippen LogP) is 2.71. The van der Waals surface area contributed by atoms with Crippen molar-refractivity contribution in [3.05, 3.63) is 66.0 Å². The molecule has 0 unspecified atom stereocenters. The standard InChI is InChI=1S/C18H13N5O2S/c24-15-9-25-14-7-6-12(8-13(14)20-15)16-17(11-4-2-1-3-5-11)26-18-21-19-10-23(18)22-16/h1-8,10,17H,9H2,(H,20,24)/t17-/m0/s1. The van der Waals surface area contributed by atoms with Gasteiger partial charge in [0.2, 0.25) is 5.16 Å². The summed E-state index contributed by atoms with van der Waals surface area (Å²) in [7, 11) is 0. The summed E-state index contributed by atoms with van der Waals surface area (Å²) in [4.78, 5) is 11.6. The number of carbonyl (C=O) groups is 1. The van der Waals surface area contributed by atoms with E-state index in [4.69, 9.17) is 9.84 Å². The molecule has 0 saturated carbocycles. The Balaban J connectivity index is 1.63. The van der Waals surface area contributed by atoms with E-state index in [2.05, 4.69) is 27.6 Å². The normalized spacial score (nSPS) is 18.2. The lowest BCUT2D eigenvalue weighted by Gasteiger charge is -2.24. The average Bonchev–Trinajstić information content (AvgIpc) is 3.14. The van der Waals surface area contributed by atoms with E-state index in [0.717, 1.165) is 22.0 Å². The van der Waals surface area contributed by atoms with Crippen molar-refractivity contribution in [1.29, 1.82) is 0 Å². The van der Waals surface area contributed by atoms with Crippen LogP contribution in [-0.4, -0.2) is 33.1 Å². The Hall–Kier alpha value is -3.13. The first-order valence-corrected chi connectivity index (χ1v) is 8.93. The summed E-state index contributed by atoms with van der Waals surface area (Å²) in [5.74, 6) is 0.508. The van der Waals surface area contributed by atoms with Gasteiger partial charge >= 0.3 is 0 Å². The fraction of sp³-hybridized carbons (Fsp3) is 0.111. The molecule has 2 aromatic carbocycles. The lowest BCUT2D eigenvalue weighted by atomic mass is 10.0. The maximum atomic E-state index is 11.6. The Morgan fingerprint density at radius 3 is 2.96 bits per heavy atom. The van der Waals surface area contributed by atoms with E-state index in [1.54, 1.807) is 22.8 Å². The Labute approximate surface area is 153 Å². The number of thioether (sulfide) groups is 1. The molecule has 0 spiro atoms. The number of nitrogens with zero attached hydrogens (tertiary/aromatic N) is 4. The largest absolute Gasteiger partial charge is 0.482 e. The maximum absolute atomic E-state index is 11.6. The summed E-state index contributed by atoms with van der Waals surface area (Å²) in [6, 6.07) is 15.9. The minimum absolute atomic E-state index is 0.0221. The number of hydrogen-bond acceptors (Lipinski definition) is 6. The van der Waals surface area contributed by atoms with E-state index in [1.807, 2.05) is 36.4 Å². The molecule has 3 aromatic rings. The molecule has 26 heavy (non-hydrogen) atoms. The van der Waals surface area contributed by atoms with Crippen molar-refractivity contribution in [2.24, 2.45) is 5.10 Å². The molecule has 0 aliphatic carbocycles. The number of carbonyl (C=O) groups excluding carboxylic acids is 1. The molecule has 2 aliphatic rings. The van der Waals surface area contributed by atoms with Crippen molar-refractivity contribution in [3.8, 4) is 5.75 Å². The topological polar surface area (TPSA) is 81.4 Å². The first-order chi connectivity index (χ1) is 12.8. The second kappa shape index (κ2) is 5.99. The summed E-state index contributed by atoms with van der Waals surface area (Å²) in [5.41, 5.74) is 3.57. The second-order valence-corrected chi connectivity index (χ2v) is 6.97. The van der Waals surface area contributed by atoms with Crippen LogP contribution < -0.4 is 10.1 Å². The summed E-state index contributed by atoms with van der Waals surface area (Å²) in [6.45, 7) is 0.0415. The highest BCUT2D eigenvalue weighted by atomic mass is 32.2. The Bertz CT molecular complexity index is 1030. The molecule has 8 heteroatoms. The van der Waals surface area contributed by atoms with Crippen LogP contribution in [0.3, 0.4) is 0 Å². The quantitative estimate of drug-likeness (QED) is 0.757. The molecular formula is C18H13N5O2S. The van der Waals surface area contributed by atoms with Crippen LogP contribution in [0, 0.1) is 0 Å². The molecule has 5 rings (SSSR count). The molecule has 128 valence electrons. The third kappa shape index (κ3) is 2.55. The molecule has 0 radical (unpaired) electrons. The number of nitrogens with one attached hydrogen (secondary N) is 1. The van der Waals surface area contributed by atoms with Crippen LogP contribution in [0.1, 0.15) is 16.4 Å². The lowest BCUT2D eigenvalue weighted by molar-refractivity contribution is -0.118. The van der Waals surface area contributed by atoms with Crippen molar-refractivity contribution >= 4 is 29.1 Å².